The zero-order valence-electron chi connectivity index (χ0n) is 9.02. The molecule has 2 heterocycles. The first-order valence-corrected chi connectivity index (χ1v) is 6.56. The molecule has 3 rings (SSSR count). The zero-order valence-corrected chi connectivity index (χ0v) is 9.83. The molecule has 1 fully saturated rings. The summed E-state index contributed by atoms with van der Waals surface area (Å²) in [5, 5.41) is 7.77. The smallest absolute Gasteiger partial charge is 0.0346 e. The third-order valence-corrected chi connectivity index (χ3v) is 3.50. The number of nitrogens with zero attached hydrogens (tertiary/aromatic N) is 1. The van der Waals surface area contributed by atoms with Crippen molar-refractivity contribution in [1.82, 2.24) is 10.3 Å². The van der Waals surface area contributed by atoms with Crippen LogP contribution < -0.4 is 5.32 Å². The van der Waals surface area contributed by atoms with E-state index >= 15 is 0 Å². The summed E-state index contributed by atoms with van der Waals surface area (Å²) in [4.78, 5) is 4.30. The Morgan fingerprint density at radius 3 is 3.00 bits per heavy atom. The molecule has 1 aliphatic rings. The SMILES string of the molecule is c1cc(-c2cncc(CNC3CC3)c2)cs1. The van der Waals surface area contributed by atoms with Crippen molar-refractivity contribution in [3.05, 3.63) is 40.8 Å². The summed E-state index contributed by atoms with van der Waals surface area (Å²) in [5.41, 5.74) is 3.76. The van der Waals surface area contributed by atoms with Gasteiger partial charge in [-0.1, -0.05) is 0 Å². The number of hydrogen-bond donors (Lipinski definition) is 1. The lowest BCUT2D eigenvalue weighted by Gasteiger charge is -2.04. The molecule has 2 nitrogen and oxygen atoms in total. The molecule has 0 saturated heterocycles. The van der Waals surface area contributed by atoms with Crippen LogP contribution in [0.25, 0.3) is 11.1 Å². The van der Waals surface area contributed by atoms with Crippen LogP contribution in [-0.2, 0) is 6.54 Å². The average molecular weight is 230 g/mol. The van der Waals surface area contributed by atoms with Crippen molar-refractivity contribution in [1.29, 1.82) is 0 Å². The molecule has 82 valence electrons. The molecule has 0 spiro atoms. The van der Waals surface area contributed by atoms with Crippen molar-refractivity contribution in [2.24, 2.45) is 0 Å². The van der Waals surface area contributed by atoms with Crippen LogP contribution in [0.2, 0.25) is 0 Å². The second kappa shape index (κ2) is 4.36. The number of hydrogen-bond acceptors (Lipinski definition) is 3. The molecule has 0 radical (unpaired) electrons. The fraction of sp³-hybridized carbons (Fsp3) is 0.308. The van der Waals surface area contributed by atoms with E-state index in [9.17, 15) is 0 Å². The third kappa shape index (κ3) is 2.31. The molecule has 0 unspecified atom stereocenters. The maximum absolute atomic E-state index is 4.30. The lowest BCUT2D eigenvalue weighted by Crippen LogP contribution is -2.15. The van der Waals surface area contributed by atoms with E-state index in [1.165, 1.54) is 29.5 Å². The zero-order chi connectivity index (χ0) is 10.8. The Labute approximate surface area is 99.4 Å². The van der Waals surface area contributed by atoms with E-state index in [0.29, 0.717) is 0 Å². The topological polar surface area (TPSA) is 24.9 Å². The van der Waals surface area contributed by atoms with Crippen molar-refractivity contribution in [2.45, 2.75) is 25.4 Å². The maximum atomic E-state index is 4.30. The molecule has 0 aromatic carbocycles. The Hall–Kier alpha value is -1.19. The summed E-state index contributed by atoms with van der Waals surface area (Å²) in [6.45, 7) is 0.940. The van der Waals surface area contributed by atoms with Crippen molar-refractivity contribution in [3.8, 4) is 11.1 Å². The Balaban J connectivity index is 1.76. The van der Waals surface area contributed by atoms with Crippen LogP contribution in [0.5, 0.6) is 0 Å². The molecule has 0 atom stereocenters. The number of nitrogens with one attached hydrogen (secondary N) is 1. The van der Waals surface area contributed by atoms with Crippen LogP contribution in [-0.4, -0.2) is 11.0 Å². The second-order valence-electron chi connectivity index (χ2n) is 4.25. The van der Waals surface area contributed by atoms with Crippen LogP contribution >= 0.6 is 11.3 Å². The van der Waals surface area contributed by atoms with Crippen molar-refractivity contribution in [3.63, 3.8) is 0 Å². The molecule has 0 amide bonds. The van der Waals surface area contributed by atoms with Gasteiger partial charge in [0.2, 0.25) is 0 Å². The molecule has 2 aromatic heterocycles. The summed E-state index contributed by atoms with van der Waals surface area (Å²) in [5.74, 6) is 0. The van der Waals surface area contributed by atoms with Crippen LogP contribution in [0, 0.1) is 0 Å². The van der Waals surface area contributed by atoms with E-state index in [1.54, 1.807) is 11.3 Å². The van der Waals surface area contributed by atoms with Gasteiger partial charge in [0.05, 0.1) is 0 Å². The van der Waals surface area contributed by atoms with E-state index in [0.717, 1.165) is 12.6 Å². The van der Waals surface area contributed by atoms with E-state index in [-0.39, 0.29) is 0 Å². The van der Waals surface area contributed by atoms with Gasteiger partial charge in [0.25, 0.3) is 0 Å². The first-order valence-electron chi connectivity index (χ1n) is 5.62. The van der Waals surface area contributed by atoms with Gasteiger partial charge in [-0.05, 0) is 46.9 Å². The summed E-state index contributed by atoms with van der Waals surface area (Å²) in [6, 6.07) is 5.12. The predicted octanol–water partition coefficient (Wildman–Crippen LogP) is 3.06. The quantitative estimate of drug-likeness (QED) is 0.873. The number of rotatable bonds is 4. The lowest BCUT2D eigenvalue weighted by atomic mass is 10.1. The Bertz CT molecular complexity index is 461. The largest absolute Gasteiger partial charge is 0.310 e. The van der Waals surface area contributed by atoms with Gasteiger partial charge in [0, 0.05) is 30.5 Å². The second-order valence-corrected chi connectivity index (χ2v) is 5.03. The van der Waals surface area contributed by atoms with E-state index in [2.05, 4.69) is 33.2 Å². The maximum Gasteiger partial charge on any atom is 0.0346 e. The van der Waals surface area contributed by atoms with Crippen molar-refractivity contribution >= 4 is 11.3 Å². The molecular formula is C13H14N2S. The lowest BCUT2D eigenvalue weighted by molar-refractivity contribution is 0.686. The highest BCUT2D eigenvalue weighted by Crippen LogP contribution is 2.23. The molecular weight excluding hydrogens is 216 g/mol. The minimum atomic E-state index is 0.754. The molecule has 1 N–H and O–H groups in total. The van der Waals surface area contributed by atoms with E-state index in [1.807, 2.05) is 12.4 Å². The fourth-order valence-corrected chi connectivity index (χ4v) is 2.39. The minimum Gasteiger partial charge on any atom is -0.310 e. The standard InChI is InChI=1S/C13H14N2S/c1-2-13(1)15-7-10-5-12(8-14-6-10)11-3-4-16-9-11/h3-6,8-9,13,15H,1-2,7H2. The number of thiophene rings is 1. The number of aromatic nitrogens is 1. The molecule has 16 heavy (non-hydrogen) atoms. The molecule has 1 saturated carbocycles. The van der Waals surface area contributed by atoms with Gasteiger partial charge in [0.1, 0.15) is 0 Å². The summed E-state index contributed by atoms with van der Waals surface area (Å²) >= 11 is 1.73. The van der Waals surface area contributed by atoms with Gasteiger partial charge in [-0.3, -0.25) is 4.98 Å². The van der Waals surface area contributed by atoms with Gasteiger partial charge in [0.15, 0.2) is 0 Å². The number of pyridine rings is 1. The Morgan fingerprint density at radius 1 is 1.31 bits per heavy atom. The van der Waals surface area contributed by atoms with Crippen LogP contribution in [0.1, 0.15) is 18.4 Å². The summed E-state index contributed by atoms with van der Waals surface area (Å²) in [6.07, 6.45) is 6.54. The summed E-state index contributed by atoms with van der Waals surface area (Å²) < 4.78 is 0. The highest BCUT2D eigenvalue weighted by atomic mass is 32.1. The van der Waals surface area contributed by atoms with Crippen molar-refractivity contribution < 1.29 is 0 Å². The van der Waals surface area contributed by atoms with E-state index in [4.69, 9.17) is 0 Å². The minimum absolute atomic E-state index is 0.754. The fourth-order valence-electron chi connectivity index (χ4n) is 1.72. The molecule has 0 aliphatic heterocycles. The average Bonchev–Trinajstić information content (AvgIpc) is 2.99. The Morgan fingerprint density at radius 2 is 2.25 bits per heavy atom. The van der Waals surface area contributed by atoms with Crippen LogP contribution in [0.4, 0.5) is 0 Å². The van der Waals surface area contributed by atoms with Gasteiger partial charge >= 0.3 is 0 Å². The van der Waals surface area contributed by atoms with Gasteiger partial charge in [-0.15, -0.1) is 0 Å². The molecule has 1 aliphatic carbocycles. The third-order valence-electron chi connectivity index (χ3n) is 2.82. The van der Waals surface area contributed by atoms with E-state index < -0.39 is 0 Å². The monoisotopic (exact) mass is 230 g/mol. The molecule has 2 aromatic rings. The normalized spacial score (nSPS) is 15.2. The predicted molar refractivity (Wildman–Crippen MR) is 67.4 cm³/mol. The van der Waals surface area contributed by atoms with Gasteiger partial charge in [-0.2, -0.15) is 11.3 Å². The Kier molecular flexibility index (Phi) is 2.72. The first kappa shape index (κ1) is 10.00. The molecule has 0 bridgehead atoms. The first-order chi connectivity index (χ1) is 7.92. The highest BCUT2D eigenvalue weighted by Gasteiger charge is 2.19. The van der Waals surface area contributed by atoms with Crippen LogP contribution in [0.15, 0.2) is 35.3 Å². The van der Waals surface area contributed by atoms with Gasteiger partial charge in [-0.25, -0.2) is 0 Å². The molecule has 3 heteroatoms. The summed E-state index contributed by atoms with van der Waals surface area (Å²) in [7, 11) is 0. The van der Waals surface area contributed by atoms with Gasteiger partial charge < -0.3 is 5.32 Å². The van der Waals surface area contributed by atoms with Crippen LogP contribution in [0.3, 0.4) is 0 Å². The van der Waals surface area contributed by atoms with Crippen molar-refractivity contribution in [2.75, 3.05) is 0 Å². The highest BCUT2D eigenvalue weighted by molar-refractivity contribution is 7.08.